The number of hydrogen-bond donors (Lipinski definition) is 0. The Labute approximate surface area is 109 Å². The molecule has 0 aliphatic heterocycles. The van der Waals surface area contributed by atoms with Crippen LogP contribution < -0.4 is 0 Å². The van der Waals surface area contributed by atoms with Crippen molar-refractivity contribution in [1.82, 2.24) is 0 Å². The summed E-state index contributed by atoms with van der Waals surface area (Å²) >= 11 is 0. The van der Waals surface area contributed by atoms with Crippen LogP contribution in [0.3, 0.4) is 0 Å². The van der Waals surface area contributed by atoms with Crippen LogP contribution in [0.5, 0.6) is 0 Å². The van der Waals surface area contributed by atoms with Crippen molar-refractivity contribution in [2.75, 3.05) is 13.2 Å². The molecule has 0 N–H and O–H groups in total. The van der Waals surface area contributed by atoms with Crippen molar-refractivity contribution in [2.24, 2.45) is 11.8 Å². The Morgan fingerprint density at radius 3 is 1.39 bits per heavy atom. The van der Waals surface area contributed by atoms with Crippen LogP contribution in [0.25, 0.3) is 0 Å². The largest absolute Gasteiger partial charge is 0.374 e. The summed E-state index contributed by atoms with van der Waals surface area (Å²) in [5, 5.41) is 0. The van der Waals surface area contributed by atoms with Crippen LogP contribution in [0.2, 0.25) is 0 Å². The molecule has 0 aromatic carbocycles. The average molecular weight is 256 g/mol. The summed E-state index contributed by atoms with van der Waals surface area (Å²) in [4.78, 5) is 21.6. The zero-order chi connectivity index (χ0) is 14.0. The number of ether oxygens (including phenoxy) is 2. The normalized spacial score (nSPS) is 18.2. The van der Waals surface area contributed by atoms with E-state index in [1.165, 1.54) is 0 Å². The van der Waals surface area contributed by atoms with Crippen molar-refractivity contribution >= 4 is 12.6 Å². The molecule has 0 aliphatic rings. The molecule has 0 aromatic rings. The molecule has 0 fully saturated rings. The summed E-state index contributed by atoms with van der Waals surface area (Å²) in [5.74, 6) is -0.426. The molecule has 0 saturated heterocycles. The van der Waals surface area contributed by atoms with E-state index in [0.29, 0.717) is 13.2 Å². The molecule has 4 heteroatoms. The molecule has 4 nitrogen and oxygen atoms in total. The van der Waals surface area contributed by atoms with E-state index in [-0.39, 0.29) is 24.0 Å². The number of carbonyl (C=O) groups is 2. The molecule has 0 radical (unpaired) electrons. The van der Waals surface area contributed by atoms with Gasteiger partial charge in [-0.1, -0.05) is 26.0 Å². The summed E-state index contributed by atoms with van der Waals surface area (Å²) < 4.78 is 10.9. The maximum Gasteiger partial charge on any atom is 0.125 e. The first kappa shape index (κ1) is 17.0. The van der Waals surface area contributed by atoms with Crippen LogP contribution in [0, 0.1) is 11.8 Å². The van der Waals surface area contributed by atoms with Gasteiger partial charge in [-0.25, -0.2) is 0 Å². The monoisotopic (exact) mass is 256 g/mol. The van der Waals surface area contributed by atoms with E-state index in [9.17, 15) is 9.59 Å². The minimum Gasteiger partial charge on any atom is -0.374 e. The fraction of sp³-hybridized carbons (Fsp3) is 0.714. The lowest BCUT2D eigenvalue weighted by molar-refractivity contribution is -0.115. The van der Waals surface area contributed by atoms with Crippen molar-refractivity contribution in [3.05, 3.63) is 12.2 Å². The van der Waals surface area contributed by atoms with Gasteiger partial charge in [0.2, 0.25) is 0 Å². The van der Waals surface area contributed by atoms with Crippen molar-refractivity contribution < 1.29 is 19.1 Å². The van der Waals surface area contributed by atoms with Gasteiger partial charge in [0.25, 0.3) is 0 Å². The second kappa shape index (κ2) is 9.97. The number of rotatable bonds is 10. The lowest BCUT2D eigenvalue weighted by Crippen LogP contribution is -2.24. The predicted molar refractivity (Wildman–Crippen MR) is 70.4 cm³/mol. The maximum absolute atomic E-state index is 10.8. The Morgan fingerprint density at radius 1 is 0.833 bits per heavy atom. The molecular weight excluding hydrogens is 232 g/mol. The highest BCUT2D eigenvalue weighted by atomic mass is 16.5. The molecule has 0 aromatic heterocycles. The third kappa shape index (κ3) is 6.07. The second-order valence-corrected chi connectivity index (χ2v) is 4.22. The predicted octanol–water partition coefficient (Wildman–Crippen LogP) is 2.02. The van der Waals surface area contributed by atoms with Gasteiger partial charge in [-0.3, -0.25) is 0 Å². The topological polar surface area (TPSA) is 52.6 Å². The highest BCUT2D eigenvalue weighted by Gasteiger charge is 2.17. The first-order chi connectivity index (χ1) is 8.60. The van der Waals surface area contributed by atoms with Crippen molar-refractivity contribution in [3.8, 4) is 0 Å². The smallest absolute Gasteiger partial charge is 0.125 e. The van der Waals surface area contributed by atoms with Gasteiger partial charge in [-0.05, 0) is 13.8 Å². The minimum absolute atomic E-state index is 0.213. The van der Waals surface area contributed by atoms with Gasteiger partial charge in [0.15, 0.2) is 0 Å². The summed E-state index contributed by atoms with van der Waals surface area (Å²) in [7, 11) is 0. The molecule has 4 unspecified atom stereocenters. The molecule has 0 amide bonds. The molecular formula is C14H24O4. The summed E-state index contributed by atoms with van der Waals surface area (Å²) in [6, 6.07) is 0. The van der Waals surface area contributed by atoms with Crippen molar-refractivity contribution in [3.63, 3.8) is 0 Å². The van der Waals surface area contributed by atoms with Crippen LogP contribution in [-0.2, 0) is 19.1 Å². The zero-order valence-electron chi connectivity index (χ0n) is 11.7. The Morgan fingerprint density at radius 2 is 1.17 bits per heavy atom. The van der Waals surface area contributed by atoms with E-state index in [0.717, 1.165) is 12.6 Å². The summed E-state index contributed by atoms with van der Waals surface area (Å²) in [6.07, 6.45) is 4.81. The third-order valence-corrected chi connectivity index (χ3v) is 2.67. The molecule has 18 heavy (non-hydrogen) atoms. The van der Waals surface area contributed by atoms with Crippen molar-refractivity contribution in [1.29, 1.82) is 0 Å². The molecule has 0 spiro atoms. The first-order valence-electron chi connectivity index (χ1n) is 6.42. The maximum atomic E-state index is 10.8. The highest BCUT2D eigenvalue weighted by Crippen LogP contribution is 2.11. The van der Waals surface area contributed by atoms with Crippen LogP contribution in [0.15, 0.2) is 12.2 Å². The lowest BCUT2D eigenvalue weighted by atomic mass is 10.0. The molecule has 104 valence electrons. The van der Waals surface area contributed by atoms with E-state index < -0.39 is 0 Å². The van der Waals surface area contributed by atoms with Gasteiger partial charge in [-0.2, -0.15) is 0 Å². The number of hydrogen-bond acceptors (Lipinski definition) is 4. The van der Waals surface area contributed by atoms with E-state index in [4.69, 9.17) is 9.47 Å². The standard InChI is InChI=1S/C14H24O4/c1-5-17-13(11(3)9-15)7-8-14(18-6-2)12(4)10-16/h7-14H,5-6H2,1-4H3. The Bertz CT molecular complexity index is 237. The van der Waals surface area contributed by atoms with Crippen molar-refractivity contribution in [2.45, 2.75) is 39.9 Å². The minimum atomic E-state index is -0.269. The zero-order valence-corrected chi connectivity index (χ0v) is 11.7. The van der Waals surface area contributed by atoms with Gasteiger partial charge in [-0.15, -0.1) is 0 Å². The van der Waals surface area contributed by atoms with Crippen LogP contribution in [-0.4, -0.2) is 38.0 Å². The van der Waals surface area contributed by atoms with Crippen LogP contribution >= 0.6 is 0 Å². The Balaban J connectivity index is 4.67. The third-order valence-electron chi connectivity index (χ3n) is 2.67. The van der Waals surface area contributed by atoms with E-state index in [2.05, 4.69) is 0 Å². The van der Waals surface area contributed by atoms with Gasteiger partial charge in [0, 0.05) is 25.0 Å². The summed E-state index contributed by atoms with van der Waals surface area (Å²) in [6.45, 7) is 8.44. The SMILES string of the molecule is CCOC(C=CC(OCC)C(C)C=O)C(C)C=O. The van der Waals surface area contributed by atoms with Crippen LogP contribution in [0.1, 0.15) is 27.7 Å². The Hall–Kier alpha value is -1.00. The second-order valence-electron chi connectivity index (χ2n) is 4.22. The quantitative estimate of drug-likeness (QED) is 0.443. The van der Waals surface area contributed by atoms with E-state index in [1.54, 1.807) is 13.8 Å². The molecule has 0 rings (SSSR count). The molecule has 0 heterocycles. The van der Waals surface area contributed by atoms with E-state index in [1.807, 2.05) is 26.0 Å². The summed E-state index contributed by atoms with van der Waals surface area (Å²) in [5.41, 5.74) is 0. The number of aldehydes is 2. The lowest BCUT2D eigenvalue weighted by Gasteiger charge is -2.19. The Kier molecular flexibility index (Phi) is 9.42. The van der Waals surface area contributed by atoms with Crippen LogP contribution in [0.4, 0.5) is 0 Å². The highest BCUT2D eigenvalue weighted by molar-refractivity contribution is 5.55. The number of carbonyl (C=O) groups excluding carboxylic acids is 2. The molecule has 0 saturated carbocycles. The first-order valence-corrected chi connectivity index (χ1v) is 6.42. The average Bonchev–Trinajstić information content (AvgIpc) is 2.40. The van der Waals surface area contributed by atoms with E-state index >= 15 is 0 Å². The van der Waals surface area contributed by atoms with Gasteiger partial charge >= 0.3 is 0 Å². The fourth-order valence-corrected chi connectivity index (χ4v) is 1.52. The van der Waals surface area contributed by atoms with Gasteiger partial charge in [0.1, 0.15) is 12.6 Å². The van der Waals surface area contributed by atoms with Gasteiger partial charge in [0.05, 0.1) is 12.2 Å². The molecule has 0 bridgehead atoms. The van der Waals surface area contributed by atoms with Gasteiger partial charge < -0.3 is 19.1 Å². The molecule has 4 atom stereocenters. The fourth-order valence-electron chi connectivity index (χ4n) is 1.52. The molecule has 0 aliphatic carbocycles.